The van der Waals surface area contributed by atoms with E-state index in [0.29, 0.717) is 30.9 Å². The lowest BCUT2D eigenvalue weighted by atomic mass is 10.0. The monoisotopic (exact) mass is 563 g/mol. The van der Waals surface area contributed by atoms with Gasteiger partial charge in [-0.05, 0) is 29.8 Å². The third-order valence-corrected chi connectivity index (χ3v) is 5.82. The molecule has 2 heterocycles. The van der Waals surface area contributed by atoms with Gasteiger partial charge in [0.2, 0.25) is 0 Å². The van der Waals surface area contributed by atoms with Crippen molar-refractivity contribution in [3.8, 4) is 17.3 Å². The number of benzene rings is 2. The zero-order valence-electron chi connectivity index (χ0n) is 21.1. The molecule has 0 atom stereocenters. The number of amides is 1. The Hall–Kier alpha value is -4.42. The predicted octanol–water partition coefficient (Wildman–Crippen LogP) is 5.69. The second-order valence-corrected chi connectivity index (χ2v) is 8.83. The molecule has 0 unspecified atom stereocenters. The third kappa shape index (κ3) is 7.16. The van der Waals surface area contributed by atoms with Gasteiger partial charge in [-0.2, -0.15) is 31.3 Å². The standard InChI is InChI=1S/C27H23F6N5O2/c1-37(16-18-12-20(26(28,29)30)14-21(13-18)27(31,32)33)24(39)22-15-35-25(36-23(22)19-6-3-2-4-7-19)40-11-10-38-9-5-8-34-17-38/h2-9,12-15H,10-11,16-17H2,1H3. The Bertz CT molecular complexity index is 1370. The van der Waals surface area contributed by atoms with Crippen LogP contribution in [0.5, 0.6) is 6.01 Å². The van der Waals surface area contributed by atoms with Gasteiger partial charge in [-0.3, -0.25) is 9.79 Å². The van der Waals surface area contributed by atoms with Crippen molar-refractivity contribution in [2.45, 2.75) is 18.9 Å². The molecule has 1 aliphatic rings. The molecule has 7 nitrogen and oxygen atoms in total. The molecule has 0 aliphatic carbocycles. The van der Waals surface area contributed by atoms with Crippen LogP contribution in [0.1, 0.15) is 27.0 Å². The maximum atomic E-state index is 13.4. The summed E-state index contributed by atoms with van der Waals surface area (Å²) < 4.78 is 85.4. The maximum Gasteiger partial charge on any atom is 0.416 e. The van der Waals surface area contributed by atoms with Crippen molar-refractivity contribution >= 4 is 12.1 Å². The molecule has 0 N–H and O–H groups in total. The number of allylic oxidation sites excluding steroid dienone is 1. The molecule has 1 aromatic heterocycles. The van der Waals surface area contributed by atoms with Crippen LogP contribution in [0.2, 0.25) is 0 Å². The number of carbonyl (C=O) groups excluding carboxylic acids is 1. The Labute approximate surface area is 225 Å². The van der Waals surface area contributed by atoms with E-state index in [0.717, 1.165) is 4.90 Å². The van der Waals surface area contributed by atoms with Crippen LogP contribution in [-0.4, -0.2) is 58.8 Å². The van der Waals surface area contributed by atoms with Gasteiger partial charge >= 0.3 is 18.4 Å². The summed E-state index contributed by atoms with van der Waals surface area (Å²) in [6.45, 7) is 0.673. The van der Waals surface area contributed by atoms with Crippen molar-refractivity contribution in [2.24, 2.45) is 4.99 Å². The zero-order chi connectivity index (χ0) is 28.9. The van der Waals surface area contributed by atoms with E-state index in [1.165, 1.54) is 13.2 Å². The predicted molar refractivity (Wildman–Crippen MR) is 134 cm³/mol. The minimum absolute atomic E-state index is 0.00243. The van der Waals surface area contributed by atoms with E-state index < -0.39 is 35.9 Å². The molecular weight excluding hydrogens is 540 g/mol. The van der Waals surface area contributed by atoms with E-state index in [1.807, 2.05) is 11.1 Å². The molecule has 40 heavy (non-hydrogen) atoms. The van der Waals surface area contributed by atoms with Crippen molar-refractivity contribution in [1.82, 2.24) is 19.8 Å². The van der Waals surface area contributed by atoms with Crippen LogP contribution in [-0.2, 0) is 18.9 Å². The maximum absolute atomic E-state index is 13.4. The largest absolute Gasteiger partial charge is 0.462 e. The highest BCUT2D eigenvalue weighted by Gasteiger charge is 2.37. The molecule has 0 fully saturated rings. The minimum atomic E-state index is -5.00. The summed E-state index contributed by atoms with van der Waals surface area (Å²) in [4.78, 5) is 28.9. The van der Waals surface area contributed by atoms with Crippen molar-refractivity contribution < 1.29 is 35.9 Å². The number of aliphatic imine (C=N–C) groups is 1. The number of halogens is 6. The lowest BCUT2D eigenvalue weighted by Gasteiger charge is -2.21. The second-order valence-electron chi connectivity index (χ2n) is 8.83. The zero-order valence-corrected chi connectivity index (χ0v) is 21.1. The van der Waals surface area contributed by atoms with Crippen LogP contribution in [0.3, 0.4) is 0 Å². The summed E-state index contributed by atoms with van der Waals surface area (Å²) in [7, 11) is 1.27. The van der Waals surface area contributed by atoms with Gasteiger partial charge in [0.05, 0.1) is 28.9 Å². The van der Waals surface area contributed by atoms with E-state index in [9.17, 15) is 31.1 Å². The lowest BCUT2D eigenvalue weighted by molar-refractivity contribution is -0.143. The summed E-state index contributed by atoms with van der Waals surface area (Å²) >= 11 is 0. The molecule has 0 saturated carbocycles. The highest BCUT2D eigenvalue weighted by Crippen LogP contribution is 2.36. The average Bonchev–Trinajstić information content (AvgIpc) is 2.92. The lowest BCUT2D eigenvalue weighted by Crippen LogP contribution is -2.28. The molecule has 210 valence electrons. The average molecular weight is 564 g/mol. The van der Waals surface area contributed by atoms with Gasteiger partial charge in [-0.1, -0.05) is 30.3 Å². The van der Waals surface area contributed by atoms with Gasteiger partial charge in [0.1, 0.15) is 13.3 Å². The Morgan fingerprint density at radius 2 is 1.70 bits per heavy atom. The summed E-state index contributed by atoms with van der Waals surface area (Å²) in [6.07, 6.45) is -3.45. The number of nitrogens with zero attached hydrogens (tertiary/aromatic N) is 5. The number of aromatic nitrogens is 2. The first-order valence-electron chi connectivity index (χ1n) is 11.9. The Morgan fingerprint density at radius 1 is 1.02 bits per heavy atom. The fourth-order valence-corrected chi connectivity index (χ4v) is 3.89. The molecule has 0 spiro atoms. The molecule has 4 rings (SSSR count). The van der Waals surface area contributed by atoms with E-state index in [-0.39, 0.29) is 35.5 Å². The molecule has 1 aliphatic heterocycles. The summed E-state index contributed by atoms with van der Waals surface area (Å²) in [5.74, 6) is -0.701. The quantitative estimate of drug-likeness (QED) is 0.330. The van der Waals surface area contributed by atoms with Gasteiger partial charge in [0, 0.05) is 37.8 Å². The molecule has 13 heteroatoms. The summed E-state index contributed by atoms with van der Waals surface area (Å²) in [6, 6.07) is 9.82. The Morgan fingerprint density at radius 3 is 2.30 bits per heavy atom. The number of hydrogen-bond donors (Lipinski definition) is 0. The van der Waals surface area contributed by atoms with Gasteiger partial charge in [0.15, 0.2) is 0 Å². The van der Waals surface area contributed by atoms with Gasteiger partial charge in [-0.15, -0.1) is 0 Å². The van der Waals surface area contributed by atoms with E-state index in [2.05, 4.69) is 15.0 Å². The topological polar surface area (TPSA) is 70.9 Å². The van der Waals surface area contributed by atoms with Crippen molar-refractivity contribution in [2.75, 3.05) is 26.9 Å². The number of hydrogen-bond acceptors (Lipinski definition) is 6. The summed E-state index contributed by atoms with van der Waals surface area (Å²) in [5, 5.41) is 0. The fourth-order valence-electron chi connectivity index (χ4n) is 3.89. The SMILES string of the molecule is CN(Cc1cc(C(F)(F)F)cc(C(F)(F)F)c1)C(=O)c1cnc(OCCN2C=CC=NC2)nc1-c1ccccc1. The number of alkyl halides is 6. The van der Waals surface area contributed by atoms with Gasteiger partial charge < -0.3 is 14.5 Å². The second kappa shape index (κ2) is 11.8. The van der Waals surface area contributed by atoms with Crippen LogP contribution in [0.25, 0.3) is 11.3 Å². The number of rotatable bonds is 8. The van der Waals surface area contributed by atoms with Crippen molar-refractivity contribution in [3.63, 3.8) is 0 Å². The Kier molecular flexibility index (Phi) is 8.40. The van der Waals surface area contributed by atoms with Crippen LogP contribution < -0.4 is 4.74 Å². The summed E-state index contributed by atoms with van der Waals surface area (Å²) in [5.41, 5.74) is -2.52. The molecule has 0 radical (unpaired) electrons. The van der Waals surface area contributed by atoms with Crippen LogP contribution in [0, 0.1) is 0 Å². The highest BCUT2D eigenvalue weighted by molar-refractivity contribution is 5.99. The van der Waals surface area contributed by atoms with Crippen molar-refractivity contribution in [1.29, 1.82) is 0 Å². The molecule has 3 aromatic rings. The van der Waals surface area contributed by atoms with Crippen LogP contribution in [0.15, 0.2) is 72.0 Å². The van der Waals surface area contributed by atoms with Gasteiger partial charge in [0.25, 0.3) is 5.91 Å². The first-order chi connectivity index (χ1) is 18.9. The van der Waals surface area contributed by atoms with Gasteiger partial charge in [-0.25, -0.2) is 4.98 Å². The minimum Gasteiger partial charge on any atom is -0.462 e. The van der Waals surface area contributed by atoms with E-state index in [1.54, 1.807) is 42.6 Å². The van der Waals surface area contributed by atoms with E-state index in [4.69, 9.17) is 4.74 Å². The number of ether oxygens (including phenoxy) is 1. The molecule has 0 saturated heterocycles. The smallest absolute Gasteiger partial charge is 0.416 e. The number of carbonyl (C=O) groups is 1. The molecule has 1 amide bonds. The van der Waals surface area contributed by atoms with Crippen LogP contribution >= 0.6 is 0 Å². The normalized spacial score (nSPS) is 13.4. The molecule has 2 aromatic carbocycles. The fraction of sp³-hybridized carbons (Fsp3) is 0.259. The van der Waals surface area contributed by atoms with E-state index >= 15 is 0 Å². The Balaban J connectivity index is 1.58. The molecule has 0 bridgehead atoms. The first kappa shape index (κ1) is 28.6. The third-order valence-electron chi connectivity index (χ3n) is 5.82. The van der Waals surface area contributed by atoms with Crippen molar-refractivity contribution in [3.05, 3.63) is 89.3 Å². The van der Waals surface area contributed by atoms with Crippen LogP contribution in [0.4, 0.5) is 26.3 Å². The first-order valence-corrected chi connectivity index (χ1v) is 11.9. The highest BCUT2D eigenvalue weighted by atomic mass is 19.4. The molecular formula is C27H23F6N5O2.